The Hall–Kier alpha value is -0.440. The lowest BCUT2D eigenvalue weighted by Gasteiger charge is -2.59. The monoisotopic (exact) mass is 323 g/mol. The van der Waals surface area contributed by atoms with Crippen LogP contribution in [-0.4, -0.2) is 33.9 Å². The summed E-state index contributed by atoms with van der Waals surface area (Å²) in [5.41, 5.74) is -0.435. The van der Waals surface area contributed by atoms with Gasteiger partial charge in [-0.25, -0.2) is 5.26 Å². The van der Waals surface area contributed by atoms with Gasteiger partial charge in [0.1, 0.15) is 12.0 Å². The standard InChI is InChI=1S/C13H19F2NO4S/c1-16(11(17)13(14,15)21-20-19-18)12-5-8-2-9(6-12)4-10(3-8)7-12/h8-10,18H,2-7H2,1H3. The molecule has 4 fully saturated rings. The lowest BCUT2D eigenvalue weighted by atomic mass is 9.52. The predicted molar refractivity (Wildman–Crippen MR) is 71.0 cm³/mol. The lowest BCUT2D eigenvalue weighted by molar-refractivity contribution is -0.433. The summed E-state index contributed by atoms with van der Waals surface area (Å²) < 4.78 is 31.4. The Balaban J connectivity index is 1.75. The van der Waals surface area contributed by atoms with E-state index in [1.54, 1.807) is 0 Å². The second-order valence-corrected chi connectivity index (χ2v) is 7.56. The highest BCUT2D eigenvalue weighted by Crippen LogP contribution is 2.58. The minimum atomic E-state index is -3.78. The molecule has 0 spiro atoms. The number of carbonyl (C=O) groups excluding carboxylic acids is 1. The average molecular weight is 323 g/mol. The van der Waals surface area contributed by atoms with Crippen molar-refractivity contribution in [1.29, 1.82) is 0 Å². The summed E-state index contributed by atoms with van der Waals surface area (Å²) in [6.07, 6.45) is 5.98. The summed E-state index contributed by atoms with van der Waals surface area (Å²) in [4.78, 5) is 13.4. The maximum atomic E-state index is 13.8. The molecule has 0 aromatic carbocycles. The molecule has 0 unspecified atom stereocenters. The van der Waals surface area contributed by atoms with Crippen LogP contribution < -0.4 is 0 Å². The SMILES string of the molecule is CN(C(=O)C(F)(F)SOOO)C12CC3CC(CC(C3)C1)C2. The maximum Gasteiger partial charge on any atom is 0.397 e. The highest BCUT2D eigenvalue weighted by atomic mass is 32.2. The first kappa shape index (κ1) is 15.5. The van der Waals surface area contributed by atoms with Crippen LogP contribution in [-0.2, 0) is 14.2 Å². The van der Waals surface area contributed by atoms with Crippen LogP contribution in [0.5, 0.6) is 0 Å². The van der Waals surface area contributed by atoms with Crippen molar-refractivity contribution in [3.63, 3.8) is 0 Å². The number of amides is 1. The van der Waals surface area contributed by atoms with Crippen molar-refractivity contribution in [2.75, 3.05) is 7.05 Å². The summed E-state index contributed by atoms with van der Waals surface area (Å²) in [5, 5.41) is 7.37. The van der Waals surface area contributed by atoms with Gasteiger partial charge in [-0.05, 0) is 56.3 Å². The molecule has 0 saturated heterocycles. The van der Waals surface area contributed by atoms with E-state index in [-0.39, 0.29) is 0 Å². The molecule has 5 nitrogen and oxygen atoms in total. The van der Waals surface area contributed by atoms with Crippen LogP contribution in [0.4, 0.5) is 8.78 Å². The first-order chi connectivity index (χ1) is 9.86. The van der Waals surface area contributed by atoms with Crippen molar-refractivity contribution in [2.45, 2.75) is 49.3 Å². The number of nitrogens with zero attached hydrogens (tertiary/aromatic N) is 1. The summed E-state index contributed by atoms with van der Waals surface area (Å²) in [7, 11) is 1.46. The first-order valence-electron chi connectivity index (χ1n) is 7.18. The van der Waals surface area contributed by atoms with Crippen molar-refractivity contribution in [2.24, 2.45) is 17.8 Å². The summed E-state index contributed by atoms with van der Waals surface area (Å²) in [5.74, 6) is 0.394. The fourth-order valence-electron chi connectivity index (χ4n) is 4.98. The summed E-state index contributed by atoms with van der Waals surface area (Å²) >= 11 is -0.478. The molecule has 4 saturated carbocycles. The topological polar surface area (TPSA) is 59.0 Å². The fraction of sp³-hybridized carbons (Fsp3) is 0.923. The van der Waals surface area contributed by atoms with E-state index in [1.807, 2.05) is 0 Å². The zero-order chi connectivity index (χ0) is 15.3. The smallest absolute Gasteiger partial charge is 0.334 e. The molecule has 4 bridgehead atoms. The van der Waals surface area contributed by atoms with Crippen LogP contribution in [0.1, 0.15) is 38.5 Å². The molecule has 21 heavy (non-hydrogen) atoms. The quantitative estimate of drug-likeness (QED) is 0.479. The number of hydrogen-bond donors (Lipinski definition) is 1. The maximum absolute atomic E-state index is 13.8. The van der Waals surface area contributed by atoms with Gasteiger partial charge in [0, 0.05) is 12.6 Å². The van der Waals surface area contributed by atoms with Gasteiger partial charge in [-0.1, -0.05) is 5.04 Å². The number of alkyl halides is 2. The van der Waals surface area contributed by atoms with Crippen molar-refractivity contribution in [3.05, 3.63) is 0 Å². The van der Waals surface area contributed by atoms with E-state index < -0.39 is 28.7 Å². The molecule has 120 valence electrons. The second-order valence-electron chi connectivity index (χ2n) is 6.75. The summed E-state index contributed by atoms with van der Waals surface area (Å²) in [6, 6.07) is 0. The van der Waals surface area contributed by atoms with E-state index in [2.05, 4.69) is 9.37 Å². The second kappa shape index (κ2) is 5.33. The van der Waals surface area contributed by atoms with Crippen LogP contribution in [0.3, 0.4) is 0 Å². The van der Waals surface area contributed by atoms with Gasteiger partial charge >= 0.3 is 11.2 Å². The summed E-state index contributed by atoms with van der Waals surface area (Å²) in [6.45, 7) is 0. The molecule has 4 aliphatic rings. The Morgan fingerprint density at radius 1 is 1.24 bits per heavy atom. The highest BCUT2D eigenvalue weighted by Gasteiger charge is 2.57. The molecular weight excluding hydrogens is 304 g/mol. The Kier molecular flexibility index (Phi) is 3.92. The zero-order valence-corrected chi connectivity index (χ0v) is 12.6. The third-order valence-corrected chi connectivity index (χ3v) is 5.95. The Morgan fingerprint density at radius 2 is 1.71 bits per heavy atom. The number of carbonyl (C=O) groups is 1. The van der Waals surface area contributed by atoms with Crippen LogP contribution in [0.2, 0.25) is 0 Å². The van der Waals surface area contributed by atoms with E-state index in [4.69, 9.17) is 5.26 Å². The van der Waals surface area contributed by atoms with Crippen molar-refractivity contribution in [1.82, 2.24) is 4.90 Å². The van der Waals surface area contributed by atoms with Crippen molar-refractivity contribution < 1.29 is 28.2 Å². The Morgan fingerprint density at radius 3 is 2.14 bits per heavy atom. The minimum absolute atomic E-state index is 0.435. The lowest BCUT2D eigenvalue weighted by Crippen LogP contribution is -2.62. The molecule has 4 aliphatic carbocycles. The van der Waals surface area contributed by atoms with Crippen LogP contribution in [0.15, 0.2) is 0 Å². The van der Waals surface area contributed by atoms with Gasteiger partial charge in [0.2, 0.25) is 0 Å². The molecule has 8 heteroatoms. The molecule has 0 aromatic rings. The molecule has 1 amide bonds. The Labute approximate surface area is 126 Å². The van der Waals surface area contributed by atoms with Gasteiger partial charge in [0.25, 0.3) is 0 Å². The highest BCUT2D eigenvalue weighted by molar-refractivity contribution is 7.96. The minimum Gasteiger partial charge on any atom is -0.334 e. The molecule has 0 aromatic heterocycles. The average Bonchev–Trinajstić information content (AvgIpc) is 2.42. The fourth-order valence-corrected chi connectivity index (χ4v) is 5.30. The Bertz CT molecular complexity index is 399. The van der Waals surface area contributed by atoms with E-state index >= 15 is 0 Å². The van der Waals surface area contributed by atoms with Gasteiger partial charge in [-0.15, -0.1) is 4.33 Å². The van der Waals surface area contributed by atoms with Gasteiger partial charge in [-0.2, -0.15) is 8.78 Å². The molecule has 0 aliphatic heterocycles. The van der Waals surface area contributed by atoms with E-state index in [9.17, 15) is 13.6 Å². The van der Waals surface area contributed by atoms with E-state index in [1.165, 1.54) is 31.2 Å². The molecule has 1 N–H and O–H groups in total. The van der Waals surface area contributed by atoms with E-state index in [0.29, 0.717) is 17.8 Å². The molecule has 0 heterocycles. The van der Waals surface area contributed by atoms with Gasteiger partial charge in [-0.3, -0.25) is 4.79 Å². The molecular formula is C13H19F2NO4S. The van der Waals surface area contributed by atoms with Gasteiger partial charge in [0.15, 0.2) is 0 Å². The van der Waals surface area contributed by atoms with Crippen molar-refractivity contribution in [3.8, 4) is 0 Å². The first-order valence-corrected chi connectivity index (χ1v) is 7.92. The van der Waals surface area contributed by atoms with E-state index in [0.717, 1.165) is 19.3 Å². The third-order valence-electron chi connectivity index (χ3n) is 5.44. The largest absolute Gasteiger partial charge is 0.397 e. The predicted octanol–water partition coefficient (Wildman–Crippen LogP) is 3.08. The molecule has 0 atom stereocenters. The number of hydrogen-bond acceptors (Lipinski definition) is 5. The number of rotatable bonds is 5. The number of halogens is 2. The molecule has 0 radical (unpaired) electrons. The normalized spacial score (nSPS) is 37.8. The van der Waals surface area contributed by atoms with Gasteiger partial charge in [0.05, 0.1) is 0 Å². The van der Waals surface area contributed by atoms with Crippen molar-refractivity contribution >= 4 is 17.9 Å². The molecule has 4 rings (SSSR count). The van der Waals surface area contributed by atoms with Crippen LogP contribution in [0.25, 0.3) is 0 Å². The van der Waals surface area contributed by atoms with Crippen LogP contribution in [0, 0.1) is 17.8 Å². The zero-order valence-electron chi connectivity index (χ0n) is 11.8. The van der Waals surface area contributed by atoms with Gasteiger partial charge < -0.3 is 4.90 Å². The third kappa shape index (κ3) is 2.67. The van der Waals surface area contributed by atoms with Crippen LogP contribution >= 0.6 is 12.0 Å².